The van der Waals surface area contributed by atoms with E-state index in [2.05, 4.69) is 9.88 Å². The molecule has 0 radical (unpaired) electrons. The molecule has 31 heavy (non-hydrogen) atoms. The Morgan fingerprint density at radius 3 is 2.74 bits per heavy atom. The Labute approximate surface area is 181 Å². The molecule has 0 atom stereocenters. The van der Waals surface area contributed by atoms with Crippen LogP contribution in [0.4, 0.5) is 0 Å². The normalized spacial score (nSPS) is 18.1. The molecule has 6 nitrogen and oxygen atoms in total. The number of benzene rings is 2. The van der Waals surface area contributed by atoms with E-state index in [0.717, 1.165) is 48.1 Å². The maximum Gasteiger partial charge on any atom is 0.179 e. The first-order chi connectivity index (χ1) is 15.0. The summed E-state index contributed by atoms with van der Waals surface area (Å²) in [6, 6.07) is 13.3. The number of nitrogens with zero attached hydrogens (tertiary/aromatic N) is 1. The van der Waals surface area contributed by atoms with Gasteiger partial charge in [0.25, 0.3) is 0 Å². The smallest absolute Gasteiger partial charge is 0.179 e. The molecule has 2 aliphatic rings. The topological polar surface area (TPSA) is 71.6 Å². The van der Waals surface area contributed by atoms with Crippen molar-refractivity contribution in [3.63, 3.8) is 0 Å². The molecule has 1 spiro atoms. The second kappa shape index (κ2) is 7.54. The molecular weight excluding hydrogens is 392 g/mol. The summed E-state index contributed by atoms with van der Waals surface area (Å²) < 4.78 is 11.6. The number of Topliss-reactive ketones (excluding diaryl/α,β-unsaturated/α-hetero) is 2. The van der Waals surface area contributed by atoms with E-state index in [1.165, 1.54) is 0 Å². The molecule has 1 fully saturated rings. The lowest BCUT2D eigenvalue weighted by molar-refractivity contribution is -0.00813. The van der Waals surface area contributed by atoms with Crippen LogP contribution in [-0.4, -0.2) is 53.8 Å². The first kappa shape index (κ1) is 19.8. The highest BCUT2D eigenvalue weighted by Crippen LogP contribution is 2.40. The number of ketones is 2. The van der Waals surface area contributed by atoms with Gasteiger partial charge in [0.05, 0.1) is 25.6 Å². The number of carbonyl (C=O) groups is 2. The van der Waals surface area contributed by atoms with Crippen molar-refractivity contribution in [2.24, 2.45) is 0 Å². The second-order valence-corrected chi connectivity index (χ2v) is 8.62. The van der Waals surface area contributed by atoms with Crippen LogP contribution in [0, 0.1) is 6.92 Å². The fraction of sp³-hybridized carbons (Fsp3) is 0.360. The molecule has 0 bridgehead atoms. The van der Waals surface area contributed by atoms with E-state index >= 15 is 0 Å². The van der Waals surface area contributed by atoms with Gasteiger partial charge in [0.1, 0.15) is 17.1 Å². The zero-order chi connectivity index (χ0) is 21.6. The van der Waals surface area contributed by atoms with Crippen LogP contribution in [0.15, 0.2) is 42.5 Å². The molecular formula is C25H26N2O4. The summed E-state index contributed by atoms with van der Waals surface area (Å²) in [7, 11) is 1.60. The molecule has 0 unspecified atom stereocenters. The van der Waals surface area contributed by atoms with Crippen molar-refractivity contribution in [2.45, 2.75) is 31.8 Å². The molecule has 3 heterocycles. The number of aromatic amines is 1. The number of rotatable bonds is 4. The van der Waals surface area contributed by atoms with E-state index in [0.29, 0.717) is 30.0 Å². The SMILES string of the molecule is COc1ccc2c(c1)OC1(CCN(CC(=O)c3c(C)[nH]c4ccccc34)CC1)CC2=O. The third-order valence-electron chi connectivity index (χ3n) is 6.61. The number of fused-ring (bicyclic) bond motifs is 2. The number of para-hydroxylation sites is 1. The number of likely N-dealkylation sites (tertiary alicyclic amines) is 1. The largest absolute Gasteiger partial charge is 0.497 e. The maximum atomic E-state index is 13.1. The lowest BCUT2D eigenvalue weighted by atomic mass is 9.82. The van der Waals surface area contributed by atoms with E-state index in [1.54, 1.807) is 25.3 Å². The van der Waals surface area contributed by atoms with Crippen LogP contribution in [0.25, 0.3) is 10.9 Å². The second-order valence-electron chi connectivity index (χ2n) is 8.62. The first-order valence-electron chi connectivity index (χ1n) is 10.7. The summed E-state index contributed by atoms with van der Waals surface area (Å²) in [6.45, 7) is 3.77. The summed E-state index contributed by atoms with van der Waals surface area (Å²) in [5, 5.41) is 0.977. The minimum atomic E-state index is -0.493. The van der Waals surface area contributed by atoms with Crippen molar-refractivity contribution in [1.29, 1.82) is 0 Å². The van der Waals surface area contributed by atoms with Gasteiger partial charge in [-0.15, -0.1) is 0 Å². The number of H-pyrrole nitrogens is 1. The monoisotopic (exact) mass is 418 g/mol. The van der Waals surface area contributed by atoms with E-state index in [-0.39, 0.29) is 11.6 Å². The summed E-state index contributed by atoms with van der Waals surface area (Å²) in [5.74, 6) is 1.53. The Morgan fingerprint density at radius 2 is 1.97 bits per heavy atom. The van der Waals surface area contributed by atoms with Gasteiger partial charge < -0.3 is 14.5 Å². The Bertz CT molecular complexity index is 1170. The number of aromatic nitrogens is 1. The van der Waals surface area contributed by atoms with Crippen LogP contribution in [0.1, 0.15) is 45.7 Å². The minimum absolute atomic E-state index is 0.114. The van der Waals surface area contributed by atoms with Gasteiger partial charge >= 0.3 is 0 Å². The number of carbonyl (C=O) groups excluding carboxylic acids is 2. The Hall–Kier alpha value is -3.12. The predicted molar refractivity (Wildman–Crippen MR) is 118 cm³/mol. The molecule has 6 heteroatoms. The van der Waals surface area contributed by atoms with Crippen molar-refractivity contribution in [3.05, 3.63) is 59.3 Å². The third-order valence-corrected chi connectivity index (χ3v) is 6.61. The van der Waals surface area contributed by atoms with E-state index in [4.69, 9.17) is 9.47 Å². The molecule has 2 aromatic carbocycles. The molecule has 160 valence electrons. The van der Waals surface area contributed by atoms with Gasteiger partial charge in [-0.25, -0.2) is 0 Å². The zero-order valence-electron chi connectivity index (χ0n) is 17.9. The van der Waals surface area contributed by atoms with Crippen molar-refractivity contribution >= 4 is 22.5 Å². The average Bonchev–Trinajstić information content (AvgIpc) is 3.10. The van der Waals surface area contributed by atoms with Gasteiger partial charge in [0, 0.05) is 54.2 Å². The fourth-order valence-electron chi connectivity index (χ4n) is 4.92. The predicted octanol–water partition coefficient (Wildman–Crippen LogP) is 4.17. The summed E-state index contributed by atoms with van der Waals surface area (Å²) in [5.41, 5.74) is 2.81. The molecule has 1 saturated heterocycles. The van der Waals surface area contributed by atoms with Crippen molar-refractivity contribution in [1.82, 2.24) is 9.88 Å². The quantitative estimate of drug-likeness (QED) is 0.644. The van der Waals surface area contributed by atoms with E-state index < -0.39 is 5.60 Å². The molecule has 3 aromatic rings. The molecule has 1 N–H and O–H groups in total. The van der Waals surface area contributed by atoms with Gasteiger partial charge in [0.2, 0.25) is 0 Å². The molecule has 0 amide bonds. The van der Waals surface area contributed by atoms with Gasteiger partial charge in [-0.1, -0.05) is 18.2 Å². The molecule has 0 aliphatic carbocycles. The fourth-order valence-corrected chi connectivity index (χ4v) is 4.92. The lowest BCUT2D eigenvalue weighted by Crippen LogP contribution is -2.51. The highest BCUT2D eigenvalue weighted by Gasteiger charge is 2.43. The first-order valence-corrected chi connectivity index (χ1v) is 10.7. The average molecular weight is 418 g/mol. The highest BCUT2D eigenvalue weighted by molar-refractivity contribution is 6.10. The van der Waals surface area contributed by atoms with E-state index in [9.17, 15) is 9.59 Å². The van der Waals surface area contributed by atoms with Crippen LogP contribution in [0.3, 0.4) is 0 Å². The van der Waals surface area contributed by atoms with Crippen molar-refractivity contribution in [2.75, 3.05) is 26.7 Å². The van der Waals surface area contributed by atoms with Gasteiger partial charge in [0.15, 0.2) is 11.6 Å². The molecule has 0 saturated carbocycles. The highest BCUT2D eigenvalue weighted by atomic mass is 16.5. The Balaban J connectivity index is 1.29. The van der Waals surface area contributed by atoms with E-state index in [1.807, 2.05) is 31.2 Å². The Morgan fingerprint density at radius 1 is 1.19 bits per heavy atom. The van der Waals surface area contributed by atoms with Gasteiger partial charge in [-0.3, -0.25) is 14.5 Å². The number of hydrogen-bond donors (Lipinski definition) is 1. The molecule has 1 aromatic heterocycles. The minimum Gasteiger partial charge on any atom is -0.497 e. The maximum absolute atomic E-state index is 13.1. The van der Waals surface area contributed by atoms with Crippen LogP contribution in [0.5, 0.6) is 11.5 Å². The van der Waals surface area contributed by atoms with Crippen LogP contribution < -0.4 is 9.47 Å². The number of aryl methyl sites for hydroxylation is 1. The summed E-state index contributed by atoms with van der Waals surface area (Å²) >= 11 is 0. The number of methoxy groups -OCH3 is 1. The van der Waals surface area contributed by atoms with Crippen LogP contribution >= 0.6 is 0 Å². The van der Waals surface area contributed by atoms with Crippen LogP contribution in [0.2, 0.25) is 0 Å². The lowest BCUT2D eigenvalue weighted by Gasteiger charge is -2.43. The number of piperidine rings is 1. The van der Waals surface area contributed by atoms with Crippen molar-refractivity contribution < 1.29 is 19.1 Å². The number of nitrogens with one attached hydrogen (secondary N) is 1. The van der Waals surface area contributed by atoms with Gasteiger partial charge in [-0.05, 0) is 25.1 Å². The Kier molecular flexibility index (Phi) is 4.82. The standard InChI is InChI=1S/C25H26N2O4/c1-16-24(18-5-3-4-6-20(18)26-16)22(29)15-27-11-9-25(10-12-27)14-21(28)19-8-7-17(30-2)13-23(19)31-25/h3-8,13,26H,9-12,14-15H2,1-2H3. The number of ether oxygens (including phenoxy) is 2. The summed E-state index contributed by atoms with van der Waals surface area (Å²) in [6.07, 6.45) is 1.82. The molecule has 5 rings (SSSR count). The van der Waals surface area contributed by atoms with Crippen LogP contribution in [-0.2, 0) is 0 Å². The molecule has 2 aliphatic heterocycles. The zero-order valence-corrected chi connectivity index (χ0v) is 17.9. The third kappa shape index (κ3) is 3.51. The number of hydrogen-bond acceptors (Lipinski definition) is 5. The van der Waals surface area contributed by atoms with Gasteiger partial charge in [-0.2, -0.15) is 0 Å². The summed E-state index contributed by atoms with van der Waals surface area (Å²) in [4.78, 5) is 31.3. The van der Waals surface area contributed by atoms with Crippen molar-refractivity contribution in [3.8, 4) is 11.5 Å².